The van der Waals surface area contributed by atoms with Crippen LogP contribution in [0.1, 0.15) is 24.2 Å². The Morgan fingerprint density at radius 2 is 2.06 bits per heavy atom. The summed E-state index contributed by atoms with van der Waals surface area (Å²) in [6, 6.07) is 4.63. The van der Waals surface area contributed by atoms with Crippen LogP contribution in [0.15, 0.2) is 18.2 Å². The van der Waals surface area contributed by atoms with Crippen molar-refractivity contribution in [1.82, 2.24) is 0 Å². The summed E-state index contributed by atoms with van der Waals surface area (Å²) in [5.41, 5.74) is 1.16. The Morgan fingerprint density at radius 1 is 1.41 bits per heavy atom. The number of phenols is 1. The van der Waals surface area contributed by atoms with Gasteiger partial charge in [0.25, 0.3) is 0 Å². The summed E-state index contributed by atoms with van der Waals surface area (Å²) in [6.07, 6.45) is -2.06. The van der Waals surface area contributed by atoms with Crippen molar-refractivity contribution in [2.45, 2.75) is 26.1 Å². The Kier molecular flexibility index (Phi) is 4.99. The van der Waals surface area contributed by atoms with Crippen LogP contribution in [0.4, 0.5) is 0 Å². The topological polar surface area (TPSA) is 77.8 Å². The molecule has 0 bridgehead atoms. The van der Waals surface area contributed by atoms with E-state index in [9.17, 15) is 20.1 Å². The lowest BCUT2D eigenvalue weighted by Crippen LogP contribution is -2.21. The molecule has 0 amide bonds. The van der Waals surface area contributed by atoms with E-state index in [-0.39, 0.29) is 16.6 Å². The fourth-order valence-electron chi connectivity index (χ4n) is 1.38. The van der Waals surface area contributed by atoms with Crippen LogP contribution in [0.2, 0.25) is 0 Å². The molecule has 0 heterocycles. The molecule has 0 aliphatic heterocycles. The number of hydrogen-bond acceptors (Lipinski definition) is 5. The van der Waals surface area contributed by atoms with E-state index >= 15 is 0 Å². The minimum Gasteiger partial charge on any atom is -0.508 e. The van der Waals surface area contributed by atoms with Crippen LogP contribution in [0.25, 0.3) is 0 Å². The van der Waals surface area contributed by atoms with Crippen molar-refractivity contribution >= 4 is 16.9 Å². The van der Waals surface area contributed by atoms with Gasteiger partial charge in [-0.05, 0) is 30.2 Å². The number of aliphatic hydroxyl groups excluding tert-OH is 2. The van der Waals surface area contributed by atoms with Crippen molar-refractivity contribution in [3.8, 4) is 5.75 Å². The number of thioether (sulfide) groups is 1. The van der Waals surface area contributed by atoms with Crippen LogP contribution in [0.3, 0.4) is 0 Å². The lowest BCUT2D eigenvalue weighted by Gasteiger charge is -2.18. The molecular weight excluding hydrogens is 240 g/mol. The molecule has 3 N–H and O–H groups in total. The summed E-state index contributed by atoms with van der Waals surface area (Å²) >= 11 is 0.971. The van der Waals surface area contributed by atoms with Crippen LogP contribution in [0.5, 0.6) is 5.75 Å². The first-order valence-corrected chi connectivity index (χ1v) is 6.19. The minimum absolute atomic E-state index is 0.0989. The number of aliphatic hydroxyl groups is 2. The molecule has 0 saturated carbocycles. The molecule has 0 aliphatic rings. The van der Waals surface area contributed by atoms with Crippen LogP contribution in [-0.4, -0.2) is 32.3 Å². The lowest BCUT2D eigenvalue weighted by molar-refractivity contribution is -0.109. The molecule has 1 aromatic rings. The summed E-state index contributed by atoms with van der Waals surface area (Å²) in [7, 11) is 0. The van der Waals surface area contributed by atoms with Gasteiger partial charge in [-0.15, -0.1) is 0 Å². The van der Waals surface area contributed by atoms with Crippen LogP contribution in [-0.2, 0) is 4.79 Å². The van der Waals surface area contributed by atoms with Crippen LogP contribution < -0.4 is 0 Å². The van der Waals surface area contributed by atoms with Gasteiger partial charge in [-0.3, -0.25) is 4.79 Å². The summed E-state index contributed by atoms with van der Waals surface area (Å²) < 4.78 is 0. The smallest absolute Gasteiger partial charge is 0.185 e. The first-order valence-electron chi connectivity index (χ1n) is 5.21. The molecule has 94 valence electrons. The molecule has 1 rings (SSSR count). The Morgan fingerprint density at radius 3 is 2.59 bits per heavy atom. The molecule has 4 nitrogen and oxygen atoms in total. The quantitative estimate of drug-likeness (QED) is 0.758. The second kappa shape index (κ2) is 6.05. The zero-order valence-electron chi connectivity index (χ0n) is 9.75. The van der Waals surface area contributed by atoms with Crippen molar-refractivity contribution < 1.29 is 20.1 Å². The van der Waals surface area contributed by atoms with E-state index in [0.717, 1.165) is 11.8 Å². The second-order valence-corrected chi connectivity index (χ2v) is 5.06. The number of carbonyl (C=O) groups excluding carboxylic acids is 1. The number of benzene rings is 1. The second-order valence-electron chi connectivity index (χ2n) is 3.86. The van der Waals surface area contributed by atoms with E-state index in [4.69, 9.17) is 0 Å². The average Bonchev–Trinajstić information content (AvgIpc) is 2.28. The molecule has 2 atom stereocenters. The minimum atomic E-state index is -1.05. The molecule has 0 aliphatic carbocycles. The zero-order chi connectivity index (χ0) is 13.0. The largest absolute Gasteiger partial charge is 0.508 e. The molecule has 0 aromatic heterocycles. The van der Waals surface area contributed by atoms with E-state index in [1.54, 1.807) is 19.1 Å². The first-order chi connectivity index (χ1) is 7.91. The van der Waals surface area contributed by atoms with E-state index in [2.05, 4.69) is 0 Å². The van der Waals surface area contributed by atoms with Crippen molar-refractivity contribution in [3.63, 3.8) is 0 Å². The van der Waals surface area contributed by atoms with E-state index in [1.165, 1.54) is 13.0 Å². The van der Waals surface area contributed by atoms with Gasteiger partial charge in [0.1, 0.15) is 11.9 Å². The molecule has 17 heavy (non-hydrogen) atoms. The Balaban J connectivity index is 2.70. The Hall–Kier alpha value is -1.04. The fourth-order valence-corrected chi connectivity index (χ4v) is 1.97. The summed E-state index contributed by atoms with van der Waals surface area (Å²) in [6.45, 7) is 3.12. The number of phenolic OH excluding ortho intramolecular Hbond substituents is 1. The highest BCUT2D eigenvalue weighted by Crippen LogP contribution is 2.24. The van der Waals surface area contributed by atoms with Gasteiger partial charge in [-0.25, -0.2) is 0 Å². The highest BCUT2D eigenvalue weighted by Gasteiger charge is 2.19. The van der Waals surface area contributed by atoms with Gasteiger partial charge < -0.3 is 15.3 Å². The third-order valence-electron chi connectivity index (χ3n) is 2.38. The molecule has 0 saturated heterocycles. The number of rotatable bonds is 4. The maximum atomic E-state index is 10.7. The fraction of sp³-hybridized carbons (Fsp3) is 0.417. The number of aryl methyl sites for hydroxylation is 1. The lowest BCUT2D eigenvalue weighted by atomic mass is 10.0. The maximum absolute atomic E-state index is 10.7. The summed E-state index contributed by atoms with van der Waals surface area (Å²) in [5.74, 6) is 0.296. The normalized spacial score (nSPS) is 14.4. The van der Waals surface area contributed by atoms with Gasteiger partial charge >= 0.3 is 0 Å². The molecule has 1 aromatic carbocycles. The Labute approximate surface area is 104 Å². The summed E-state index contributed by atoms with van der Waals surface area (Å²) in [5, 5.41) is 28.8. The monoisotopic (exact) mass is 256 g/mol. The zero-order valence-corrected chi connectivity index (χ0v) is 10.6. The SMILES string of the molecule is CC(=O)SCC(O)C(O)c1ccc(O)c(C)c1. The highest BCUT2D eigenvalue weighted by atomic mass is 32.2. The molecular formula is C12H16O4S. The third-order valence-corrected chi connectivity index (χ3v) is 3.30. The van der Waals surface area contributed by atoms with Gasteiger partial charge in [0, 0.05) is 12.7 Å². The Bertz CT molecular complexity index is 405. The van der Waals surface area contributed by atoms with Crippen molar-refractivity contribution in [3.05, 3.63) is 29.3 Å². The van der Waals surface area contributed by atoms with Gasteiger partial charge in [-0.1, -0.05) is 17.8 Å². The predicted molar refractivity (Wildman–Crippen MR) is 66.9 cm³/mol. The van der Waals surface area contributed by atoms with Crippen LogP contribution >= 0.6 is 11.8 Å². The van der Waals surface area contributed by atoms with Crippen LogP contribution in [0, 0.1) is 6.92 Å². The molecule has 5 heteroatoms. The van der Waals surface area contributed by atoms with Crippen molar-refractivity contribution in [1.29, 1.82) is 0 Å². The average molecular weight is 256 g/mol. The molecule has 0 spiro atoms. The molecule has 0 fully saturated rings. The predicted octanol–water partition coefficient (Wildman–Crippen LogP) is 1.37. The van der Waals surface area contributed by atoms with Gasteiger partial charge in [0.05, 0.1) is 6.10 Å². The standard InChI is InChI=1S/C12H16O4S/c1-7-5-9(3-4-10(7)14)12(16)11(15)6-17-8(2)13/h3-5,11-12,14-16H,6H2,1-2H3. The first kappa shape index (κ1) is 14.0. The summed E-state index contributed by atoms with van der Waals surface area (Å²) in [4.78, 5) is 10.7. The van der Waals surface area contributed by atoms with E-state index in [0.29, 0.717) is 11.1 Å². The molecule has 0 radical (unpaired) electrons. The third kappa shape index (κ3) is 4.03. The number of aromatic hydroxyl groups is 1. The van der Waals surface area contributed by atoms with E-state index < -0.39 is 12.2 Å². The molecule has 2 unspecified atom stereocenters. The van der Waals surface area contributed by atoms with Crippen molar-refractivity contribution in [2.24, 2.45) is 0 Å². The van der Waals surface area contributed by atoms with Gasteiger partial charge in [0.15, 0.2) is 5.12 Å². The van der Waals surface area contributed by atoms with Gasteiger partial charge in [0.2, 0.25) is 0 Å². The van der Waals surface area contributed by atoms with E-state index in [1.807, 2.05) is 0 Å². The maximum Gasteiger partial charge on any atom is 0.185 e. The number of hydrogen-bond donors (Lipinski definition) is 3. The highest BCUT2D eigenvalue weighted by molar-refractivity contribution is 8.13. The number of carbonyl (C=O) groups is 1. The van der Waals surface area contributed by atoms with Gasteiger partial charge in [-0.2, -0.15) is 0 Å². The van der Waals surface area contributed by atoms with Crippen molar-refractivity contribution in [2.75, 3.05) is 5.75 Å².